The van der Waals surface area contributed by atoms with E-state index in [-0.39, 0.29) is 20.3 Å². The molecule has 0 amide bonds. The zero-order chi connectivity index (χ0) is 5.11. The van der Waals surface area contributed by atoms with Crippen molar-refractivity contribution in [1.29, 1.82) is 0 Å². The number of hydrogen-bond donors (Lipinski definition) is 1. The summed E-state index contributed by atoms with van der Waals surface area (Å²) < 4.78 is 0. The van der Waals surface area contributed by atoms with E-state index < -0.39 is 0 Å². The summed E-state index contributed by atoms with van der Waals surface area (Å²) >= 11 is 4.08. The van der Waals surface area contributed by atoms with Gasteiger partial charge in [-0.05, 0) is 12.1 Å². The normalized spacial score (nSPS) is 7.62. The summed E-state index contributed by atoms with van der Waals surface area (Å²) in [6, 6.07) is 9.79. The molecule has 0 aliphatic carbocycles. The summed E-state index contributed by atoms with van der Waals surface area (Å²) in [5.74, 6) is 0. The van der Waals surface area contributed by atoms with Gasteiger partial charge in [-0.2, -0.15) is 0 Å². The van der Waals surface area contributed by atoms with Crippen LogP contribution >= 0.6 is 12.6 Å². The first-order chi connectivity index (χ1) is 3.39. The summed E-state index contributed by atoms with van der Waals surface area (Å²) in [7, 11) is 0. The van der Waals surface area contributed by atoms with Crippen LogP contribution in [0.5, 0.6) is 0 Å². The number of benzene rings is 1. The first-order valence-corrected chi connectivity index (χ1v) is 2.58. The van der Waals surface area contributed by atoms with Gasteiger partial charge < -0.3 is 1.43 Å². The second-order valence-corrected chi connectivity index (χ2v) is 1.85. The van der Waals surface area contributed by atoms with Crippen molar-refractivity contribution in [3.63, 3.8) is 0 Å². The minimum atomic E-state index is 0. The molecule has 0 radical (unpaired) electrons. The maximum Gasteiger partial charge on any atom is 1.00 e. The Kier molecular flexibility index (Phi) is 4.17. The van der Waals surface area contributed by atoms with E-state index in [1.54, 1.807) is 0 Å². The number of rotatable bonds is 0. The van der Waals surface area contributed by atoms with Crippen LogP contribution in [0.1, 0.15) is 1.43 Å². The molecule has 0 saturated carbocycles. The van der Waals surface area contributed by atoms with Gasteiger partial charge in [-0.25, -0.2) is 0 Å². The second kappa shape index (κ2) is 4.09. The third-order valence-corrected chi connectivity index (χ3v) is 1.05. The van der Waals surface area contributed by atoms with Crippen molar-refractivity contribution in [1.82, 2.24) is 0 Å². The van der Waals surface area contributed by atoms with Crippen molar-refractivity contribution < 1.29 is 20.3 Å². The van der Waals surface area contributed by atoms with Crippen molar-refractivity contribution >= 4 is 12.6 Å². The van der Waals surface area contributed by atoms with Gasteiger partial charge in [0.1, 0.15) is 0 Å². The van der Waals surface area contributed by atoms with E-state index in [0.717, 1.165) is 4.90 Å². The minimum absolute atomic E-state index is 0. The van der Waals surface area contributed by atoms with Crippen molar-refractivity contribution in [3.8, 4) is 0 Å². The molecule has 0 heterocycles. The zero-order valence-electron chi connectivity index (χ0n) is 5.83. The molecule has 0 N–H and O–H groups in total. The first-order valence-electron chi connectivity index (χ1n) is 2.13. The molecule has 0 atom stereocenters. The van der Waals surface area contributed by atoms with Crippen LogP contribution in [0.4, 0.5) is 0 Å². The topological polar surface area (TPSA) is 0 Å². The van der Waals surface area contributed by atoms with Crippen LogP contribution < -0.4 is 18.9 Å². The molecule has 8 heavy (non-hydrogen) atoms. The van der Waals surface area contributed by atoms with Gasteiger partial charge in [0.05, 0.1) is 0 Å². The van der Waals surface area contributed by atoms with E-state index in [1.165, 1.54) is 0 Å². The van der Waals surface area contributed by atoms with Crippen LogP contribution in [-0.4, -0.2) is 0 Å². The fourth-order valence-corrected chi connectivity index (χ4v) is 0.600. The monoisotopic (exact) mass is 118 g/mol. The second-order valence-electron chi connectivity index (χ2n) is 1.34. The summed E-state index contributed by atoms with van der Waals surface area (Å²) in [4.78, 5) is 1.02. The van der Waals surface area contributed by atoms with E-state index in [2.05, 4.69) is 12.6 Å². The molecular formula is C6H7LiS. The Morgan fingerprint density at radius 2 is 1.62 bits per heavy atom. The van der Waals surface area contributed by atoms with Crippen molar-refractivity contribution in [2.75, 3.05) is 0 Å². The molecule has 0 unspecified atom stereocenters. The van der Waals surface area contributed by atoms with E-state index in [0.29, 0.717) is 0 Å². The van der Waals surface area contributed by atoms with Crippen molar-refractivity contribution in [2.24, 2.45) is 0 Å². The maximum absolute atomic E-state index is 4.08. The van der Waals surface area contributed by atoms with Gasteiger partial charge >= 0.3 is 18.9 Å². The summed E-state index contributed by atoms with van der Waals surface area (Å²) in [5.41, 5.74) is 0. The molecule has 0 aliphatic rings. The maximum atomic E-state index is 4.08. The Morgan fingerprint density at radius 3 is 1.88 bits per heavy atom. The Hall–Kier alpha value is 0.167. The van der Waals surface area contributed by atoms with Crippen LogP contribution in [0.25, 0.3) is 0 Å². The Morgan fingerprint density at radius 1 is 1.12 bits per heavy atom. The van der Waals surface area contributed by atoms with E-state index >= 15 is 0 Å². The Labute approximate surface area is 68.4 Å². The van der Waals surface area contributed by atoms with Crippen LogP contribution in [0.15, 0.2) is 35.2 Å². The Bertz CT molecular complexity index is 143. The molecule has 1 aromatic rings. The van der Waals surface area contributed by atoms with E-state index in [4.69, 9.17) is 0 Å². The SMILES string of the molecule is Sc1ccccc1.[H-].[Li+]. The van der Waals surface area contributed by atoms with Crippen LogP contribution in [-0.2, 0) is 0 Å². The molecule has 0 saturated heterocycles. The Balaban J connectivity index is 0. The van der Waals surface area contributed by atoms with Crippen molar-refractivity contribution in [2.45, 2.75) is 4.90 Å². The summed E-state index contributed by atoms with van der Waals surface area (Å²) in [5, 5.41) is 0. The molecule has 0 aromatic heterocycles. The van der Waals surface area contributed by atoms with Crippen LogP contribution in [0.2, 0.25) is 0 Å². The average Bonchev–Trinajstić information content (AvgIpc) is 1.69. The molecule has 2 heteroatoms. The predicted octanol–water partition coefficient (Wildman–Crippen LogP) is -0.908. The zero-order valence-corrected chi connectivity index (χ0v) is 5.73. The third kappa shape index (κ3) is 2.47. The van der Waals surface area contributed by atoms with Crippen LogP contribution in [0, 0.1) is 0 Å². The van der Waals surface area contributed by atoms with Gasteiger partial charge in [0.25, 0.3) is 0 Å². The average molecular weight is 118 g/mol. The number of thiol groups is 1. The standard InChI is InChI=1S/C6H6S.Li.H/c7-6-4-2-1-3-5-6;;/h1-5,7H;;/q;+1;-1. The molecule has 1 rings (SSSR count). The molecule has 0 fully saturated rings. The van der Waals surface area contributed by atoms with Gasteiger partial charge in [-0.1, -0.05) is 18.2 Å². The molecule has 1 aromatic carbocycles. The largest absolute Gasteiger partial charge is 1.00 e. The van der Waals surface area contributed by atoms with E-state index in [1.807, 2.05) is 30.3 Å². The molecule has 0 aliphatic heterocycles. The molecule has 0 spiro atoms. The van der Waals surface area contributed by atoms with Crippen LogP contribution in [0.3, 0.4) is 0 Å². The van der Waals surface area contributed by atoms with Gasteiger partial charge in [0.15, 0.2) is 0 Å². The van der Waals surface area contributed by atoms with Gasteiger partial charge in [0.2, 0.25) is 0 Å². The minimum Gasteiger partial charge on any atom is -1.00 e. The summed E-state index contributed by atoms with van der Waals surface area (Å²) in [6.07, 6.45) is 0. The molecule has 0 bridgehead atoms. The van der Waals surface area contributed by atoms with Gasteiger partial charge in [-0.15, -0.1) is 12.6 Å². The summed E-state index contributed by atoms with van der Waals surface area (Å²) in [6.45, 7) is 0. The predicted molar refractivity (Wildman–Crippen MR) is 34.8 cm³/mol. The molecular weight excluding hydrogens is 111 g/mol. The van der Waals surface area contributed by atoms with Gasteiger partial charge in [0, 0.05) is 4.90 Å². The van der Waals surface area contributed by atoms with Gasteiger partial charge in [-0.3, -0.25) is 0 Å². The van der Waals surface area contributed by atoms with Crippen molar-refractivity contribution in [3.05, 3.63) is 30.3 Å². The fourth-order valence-electron chi connectivity index (χ4n) is 0.428. The smallest absolute Gasteiger partial charge is 1.00 e. The quantitative estimate of drug-likeness (QED) is 0.331. The van der Waals surface area contributed by atoms with E-state index in [9.17, 15) is 0 Å². The molecule has 38 valence electrons. The fraction of sp³-hybridized carbons (Fsp3) is 0. The number of hydrogen-bond acceptors (Lipinski definition) is 1. The first kappa shape index (κ1) is 8.17. The molecule has 0 nitrogen and oxygen atoms in total. The third-order valence-electron chi connectivity index (χ3n) is 0.756.